The second-order valence-electron chi connectivity index (χ2n) is 4.74. The molecule has 0 aromatic heterocycles. The van der Waals surface area contributed by atoms with E-state index in [-0.39, 0.29) is 24.3 Å². The largest absolute Gasteiger partial charge is 0.469 e. The number of methoxy groups -OCH3 is 1. The minimum atomic E-state index is -0.312. The highest BCUT2D eigenvalue weighted by atomic mass is 35.5. The van der Waals surface area contributed by atoms with Gasteiger partial charge in [-0.3, -0.25) is 9.69 Å². The van der Waals surface area contributed by atoms with Crippen LogP contribution >= 0.6 is 11.6 Å². The lowest BCUT2D eigenvalue weighted by atomic mass is 10.1. The number of esters is 1. The summed E-state index contributed by atoms with van der Waals surface area (Å²) in [5.41, 5.74) is 0.591. The van der Waals surface area contributed by atoms with Gasteiger partial charge in [0, 0.05) is 30.2 Å². The molecule has 0 N–H and O–H groups in total. The fourth-order valence-electron chi connectivity index (χ4n) is 2.21. The van der Waals surface area contributed by atoms with E-state index >= 15 is 0 Å². The Balaban J connectivity index is 1.94. The highest BCUT2D eigenvalue weighted by molar-refractivity contribution is 6.30. The first-order valence-corrected chi connectivity index (χ1v) is 6.81. The molecule has 1 fully saturated rings. The zero-order valence-electron chi connectivity index (χ0n) is 11.3. The summed E-state index contributed by atoms with van der Waals surface area (Å²) in [5, 5.41) is 0.386. The van der Waals surface area contributed by atoms with Gasteiger partial charge in [-0.05, 0) is 12.1 Å². The van der Waals surface area contributed by atoms with Crippen molar-refractivity contribution < 1.29 is 18.7 Å². The third-order valence-corrected chi connectivity index (χ3v) is 3.49. The van der Waals surface area contributed by atoms with Crippen molar-refractivity contribution in [3.05, 3.63) is 34.6 Å². The maximum absolute atomic E-state index is 13.8. The molecule has 1 saturated heterocycles. The first kappa shape index (κ1) is 15.2. The molecule has 1 aliphatic heterocycles. The first-order chi connectivity index (χ1) is 9.58. The lowest BCUT2D eigenvalue weighted by Crippen LogP contribution is -2.43. The number of rotatable bonds is 4. The Hall–Kier alpha value is -1.17. The van der Waals surface area contributed by atoms with E-state index in [2.05, 4.69) is 9.64 Å². The molecule has 1 heterocycles. The first-order valence-electron chi connectivity index (χ1n) is 6.43. The molecule has 1 aromatic carbocycles. The van der Waals surface area contributed by atoms with Crippen LogP contribution < -0.4 is 0 Å². The van der Waals surface area contributed by atoms with Gasteiger partial charge in [-0.1, -0.05) is 17.7 Å². The van der Waals surface area contributed by atoms with Gasteiger partial charge >= 0.3 is 5.97 Å². The van der Waals surface area contributed by atoms with Gasteiger partial charge in [0.15, 0.2) is 0 Å². The van der Waals surface area contributed by atoms with Gasteiger partial charge in [0.05, 0.1) is 26.2 Å². The van der Waals surface area contributed by atoms with Crippen LogP contribution in [0.3, 0.4) is 0 Å². The second-order valence-corrected chi connectivity index (χ2v) is 5.18. The van der Waals surface area contributed by atoms with Crippen molar-refractivity contribution in [2.75, 3.05) is 26.8 Å². The maximum atomic E-state index is 13.8. The average molecular weight is 302 g/mol. The molecule has 20 heavy (non-hydrogen) atoms. The van der Waals surface area contributed by atoms with Crippen LogP contribution in [0.1, 0.15) is 12.0 Å². The van der Waals surface area contributed by atoms with Crippen molar-refractivity contribution in [2.45, 2.75) is 19.1 Å². The fourth-order valence-corrected chi connectivity index (χ4v) is 2.37. The van der Waals surface area contributed by atoms with Crippen LogP contribution in [-0.2, 0) is 20.8 Å². The van der Waals surface area contributed by atoms with Crippen LogP contribution in [-0.4, -0.2) is 43.8 Å². The molecule has 1 atom stereocenters. The van der Waals surface area contributed by atoms with Crippen LogP contribution in [0.2, 0.25) is 5.02 Å². The quantitative estimate of drug-likeness (QED) is 0.800. The molecule has 4 nitrogen and oxygen atoms in total. The molecule has 0 amide bonds. The molecular weight excluding hydrogens is 285 g/mol. The molecule has 1 aromatic rings. The zero-order chi connectivity index (χ0) is 14.5. The Morgan fingerprint density at radius 2 is 2.40 bits per heavy atom. The summed E-state index contributed by atoms with van der Waals surface area (Å²) in [6.45, 7) is 2.29. The topological polar surface area (TPSA) is 38.8 Å². The molecule has 0 unspecified atom stereocenters. The van der Waals surface area contributed by atoms with Crippen LogP contribution in [0.5, 0.6) is 0 Å². The van der Waals surface area contributed by atoms with Crippen molar-refractivity contribution in [1.29, 1.82) is 0 Å². The van der Waals surface area contributed by atoms with Crippen molar-refractivity contribution >= 4 is 17.6 Å². The van der Waals surface area contributed by atoms with Gasteiger partial charge in [0.1, 0.15) is 5.82 Å². The van der Waals surface area contributed by atoms with E-state index in [4.69, 9.17) is 16.3 Å². The fraction of sp³-hybridized carbons (Fsp3) is 0.500. The van der Waals surface area contributed by atoms with Crippen molar-refractivity contribution in [1.82, 2.24) is 4.90 Å². The SMILES string of the molecule is COC(=O)C[C@@H]1CN(Cc2ccc(Cl)cc2F)CCO1. The molecule has 0 aliphatic carbocycles. The van der Waals surface area contributed by atoms with E-state index in [1.54, 1.807) is 12.1 Å². The number of carbonyl (C=O) groups is 1. The van der Waals surface area contributed by atoms with Crippen LogP contribution in [0, 0.1) is 5.82 Å². The van der Waals surface area contributed by atoms with Gasteiger partial charge in [-0.2, -0.15) is 0 Å². The standard InChI is InChI=1S/C14H17ClFNO3/c1-19-14(18)7-12-9-17(4-5-20-12)8-10-2-3-11(15)6-13(10)16/h2-3,6,12H,4-5,7-9H2,1H3/t12-/m1/s1. The van der Waals surface area contributed by atoms with Crippen molar-refractivity contribution in [3.63, 3.8) is 0 Å². The smallest absolute Gasteiger partial charge is 0.308 e. The Morgan fingerprint density at radius 3 is 3.10 bits per heavy atom. The summed E-state index contributed by atoms with van der Waals surface area (Å²) in [6, 6.07) is 4.66. The molecule has 0 bridgehead atoms. The lowest BCUT2D eigenvalue weighted by Gasteiger charge is -2.32. The van der Waals surface area contributed by atoms with Crippen molar-refractivity contribution in [2.24, 2.45) is 0 Å². The number of morpholine rings is 1. The van der Waals surface area contributed by atoms with Gasteiger partial charge in [0.2, 0.25) is 0 Å². The molecule has 110 valence electrons. The van der Waals surface area contributed by atoms with Gasteiger partial charge in [0.25, 0.3) is 0 Å². The minimum absolute atomic E-state index is 0.202. The molecule has 1 aliphatic rings. The van der Waals surface area contributed by atoms with E-state index < -0.39 is 0 Å². The maximum Gasteiger partial charge on any atom is 0.308 e. The Kier molecular flexibility index (Phi) is 5.34. The molecule has 0 radical (unpaired) electrons. The highest BCUT2D eigenvalue weighted by Crippen LogP contribution is 2.18. The zero-order valence-corrected chi connectivity index (χ0v) is 12.0. The normalized spacial score (nSPS) is 19.9. The third kappa shape index (κ3) is 4.16. The van der Waals surface area contributed by atoms with Gasteiger partial charge in [-0.25, -0.2) is 4.39 Å². The predicted octanol–water partition coefficient (Wildman–Crippen LogP) is 2.24. The van der Waals surface area contributed by atoms with E-state index in [0.29, 0.717) is 36.8 Å². The van der Waals surface area contributed by atoms with E-state index in [1.165, 1.54) is 13.2 Å². The average Bonchev–Trinajstić information content (AvgIpc) is 2.42. The summed E-state index contributed by atoms with van der Waals surface area (Å²) in [7, 11) is 1.35. The summed E-state index contributed by atoms with van der Waals surface area (Å²) < 4.78 is 23.9. The predicted molar refractivity (Wildman–Crippen MR) is 73.1 cm³/mol. The van der Waals surface area contributed by atoms with E-state index in [0.717, 1.165) is 0 Å². The summed E-state index contributed by atoms with van der Waals surface area (Å²) in [6.07, 6.45) is 0.0161. The summed E-state index contributed by atoms with van der Waals surface area (Å²) in [4.78, 5) is 13.3. The monoisotopic (exact) mass is 301 g/mol. The molecular formula is C14H17ClFNO3. The number of hydrogen-bond acceptors (Lipinski definition) is 4. The van der Waals surface area contributed by atoms with Crippen LogP contribution in [0.25, 0.3) is 0 Å². The van der Waals surface area contributed by atoms with Crippen molar-refractivity contribution in [3.8, 4) is 0 Å². The summed E-state index contributed by atoms with van der Waals surface area (Å²) >= 11 is 5.73. The van der Waals surface area contributed by atoms with E-state index in [1.807, 2.05) is 0 Å². The lowest BCUT2D eigenvalue weighted by molar-refractivity contribution is -0.145. The number of carbonyl (C=O) groups excluding carboxylic acids is 1. The minimum Gasteiger partial charge on any atom is -0.469 e. The third-order valence-electron chi connectivity index (χ3n) is 3.25. The van der Waals surface area contributed by atoms with E-state index in [9.17, 15) is 9.18 Å². The van der Waals surface area contributed by atoms with Crippen LogP contribution in [0.4, 0.5) is 4.39 Å². The number of ether oxygens (including phenoxy) is 2. The molecule has 6 heteroatoms. The number of nitrogens with zero attached hydrogens (tertiary/aromatic N) is 1. The Bertz CT molecular complexity index is 483. The van der Waals surface area contributed by atoms with Gasteiger partial charge in [-0.15, -0.1) is 0 Å². The Labute approximate surface area is 122 Å². The summed E-state index contributed by atoms with van der Waals surface area (Å²) in [5.74, 6) is -0.608. The highest BCUT2D eigenvalue weighted by Gasteiger charge is 2.23. The number of hydrogen-bond donors (Lipinski definition) is 0. The second kappa shape index (κ2) is 7.02. The number of benzene rings is 1. The Morgan fingerprint density at radius 1 is 1.60 bits per heavy atom. The molecule has 0 spiro atoms. The molecule has 2 rings (SSSR count). The van der Waals surface area contributed by atoms with Crippen LogP contribution in [0.15, 0.2) is 18.2 Å². The molecule has 0 saturated carbocycles. The number of halogens is 2. The van der Waals surface area contributed by atoms with Gasteiger partial charge < -0.3 is 9.47 Å².